The van der Waals surface area contributed by atoms with Crippen LogP contribution in [0.5, 0.6) is 0 Å². The van der Waals surface area contributed by atoms with Crippen LogP contribution in [0.4, 0.5) is 0 Å². The second-order valence-electron chi connectivity index (χ2n) is 5.25. The van der Waals surface area contributed by atoms with E-state index in [1.807, 2.05) is 0 Å². The zero-order chi connectivity index (χ0) is 11.1. The molecule has 1 atom stereocenters. The fourth-order valence-electron chi connectivity index (χ4n) is 1.75. The highest BCUT2D eigenvalue weighted by molar-refractivity contribution is 4.69. The zero-order valence-corrected chi connectivity index (χ0v) is 10.6. The van der Waals surface area contributed by atoms with Crippen molar-refractivity contribution in [1.82, 2.24) is 5.32 Å². The summed E-state index contributed by atoms with van der Waals surface area (Å²) in [5.41, 5.74) is 0. The van der Waals surface area contributed by atoms with E-state index in [9.17, 15) is 0 Å². The molecule has 0 radical (unpaired) electrons. The summed E-state index contributed by atoms with van der Waals surface area (Å²) in [6, 6.07) is 0.636. The maximum Gasteiger partial charge on any atom is 0.0594 e. The maximum absolute atomic E-state index is 5.69. The van der Waals surface area contributed by atoms with Crippen molar-refractivity contribution in [2.75, 3.05) is 13.2 Å². The first-order chi connectivity index (χ1) is 7.18. The maximum atomic E-state index is 5.69. The molecule has 0 spiro atoms. The summed E-state index contributed by atoms with van der Waals surface area (Å²) in [5.74, 6) is 0.820. The lowest BCUT2D eigenvalue weighted by Crippen LogP contribution is -2.32. The molecule has 1 rings (SSSR count). The first kappa shape index (κ1) is 13.0. The van der Waals surface area contributed by atoms with Crippen LogP contribution >= 0.6 is 0 Å². The molecule has 0 aliphatic heterocycles. The third kappa shape index (κ3) is 6.16. The van der Waals surface area contributed by atoms with E-state index in [-0.39, 0.29) is 0 Å². The SMILES string of the molecule is CC(C)CCC(C)NCCOC1CCC1. The number of rotatable bonds is 8. The Hall–Kier alpha value is -0.0800. The van der Waals surface area contributed by atoms with Gasteiger partial charge in [0.1, 0.15) is 0 Å². The number of hydrogen-bond donors (Lipinski definition) is 1. The second-order valence-corrected chi connectivity index (χ2v) is 5.25. The number of ether oxygens (including phenoxy) is 1. The summed E-state index contributed by atoms with van der Waals surface area (Å²) in [6.07, 6.45) is 7.10. The smallest absolute Gasteiger partial charge is 0.0594 e. The summed E-state index contributed by atoms with van der Waals surface area (Å²) >= 11 is 0. The first-order valence-electron chi connectivity index (χ1n) is 6.53. The summed E-state index contributed by atoms with van der Waals surface area (Å²) < 4.78 is 5.69. The van der Waals surface area contributed by atoms with Gasteiger partial charge in [0.2, 0.25) is 0 Å². The Kier molecular flexibility index (Phi) is 6.26. The van der Waals surface area contributed by atoms with E-state index in [0.717, 1.165) is 19.1 Å². The van der Waals surface area contributed by atoms with Crippen molar-refractivity contribution >= 4 is 0 Å². The Morgan fingerprint density at radius 2 is 1.93 bits per heavy atom. The standard InChI is InChI=1S/C13H27NO/c1-11(2)7-8-12(3)14-9-10-15-13-5-4-6-13/h11-14H,4-10H2,1-3H3. The van der Waals surface area contributed by atoms with Crippen molar-refractivity contribution in [3.63, 3.8) is 0 Å². The highest BCUT2D eigenvalue weighted by Gasteiger charge is 2.17. The third-order valence-electron chi connectivity index (χ3n) is 3.18. The Balaban J connectivity index is 1.85. The molecule has 2 heteroatoms. The van der Waals surface area contributed by atoms with Crippen LogP contribution < -0.4 is 5.32 Å². The molecule has 1 fully saturated rings. The summed E-state index contributed by atoms with van der Waals surface area (Å²) in [7, 11) is 0. The normalized spacial score (nSPS) is 19.2. The molecule has 0 amide bonds. The van der Waals surface area contributed by atoms with E-state index < -0.39 is 0 Å². The van der Waals surface area contributed by atoms with Crippen LogP contribution in [-0.2, 0) is 4.74 Å². The van der Waals surface area contributed by atoms with Crippen molar-refractivity contribution in [3.05, 3.63) is 0 Å². The van der Waals surface area contributed by atoms with Crippen molar-refractivity contribution in [1.29, 1.82) is 0 Å². The van der Waals surface area contributed by atoms with Gasteiger partial charge in [-0.2, -0.15) is 0 Å². The van der Waals surface area contributed by atoms with E-state index in [0.29, 0.717) is 12.1 Å². The molecule has 0 aromatic heterocycles. The molecule has 1 saturated carbocycles. The molecule has 0 aromatic carbocycles. The Morgan fingerprint density at radius 1 is 1.20 bits per heavy atom. The van der Waals surface area contributed by atoms with Crippen LogP contribution in [0.2, 0.25) is 0 Å². The molecule has 2 nitrogen and oxygen atoms in total. The lowest BCUT2D eigenvalue weighted by atomic mass is 9.96. The Morgan fingerprint density at radius 3 is 2.47 bits per heavy atom. The third-order valence-corrected chi connectivity index (χ3v) is 3.18. The van der Waals surface area contributed by atoms with Gasteiger partial charge in [-0.1, -0.05) is 13.8 Å². The Labute approximate surface area is 94.8 Å². The molecule has 1 aliphatic carbocycles. The van der Waals surface area contributed by atoms with Crippen LogP contribution in [0.25, 0.3) is 0 Å². The van der Waals surface area contributed by atoms with Crippen molar-refractivity contribution in [2.24, 2.45) is 5.92 Å². The molecule has 90 valence electrons. The van der Waals surface area contributed by atoms with Crippen LogP contribution in [0.3, 0.4) is 0 Å². The van der Waals surface area contributed by atoms with Gasteiger partial charge in [0.15, 0.2) is 0 Å². The van der Waals surface area contributed by atoms with Gasteiger partial charge < -0.3 is 10.1 Å². The first-order valence-corrected chi connectivity index (χ1v) is 6.53. The predicted octanol–water partition coefficient (Wildman–Crippen LogP) is 2.97. The van der Waals surface area contributed by atoms with Gasteiger partial charge in [-0.3, -0.25) is 0 Å². The zero-order valence-electron chi connectivity index (χ0n) is 10.6. The molecule has 15 heavy (non-hydrogen) atoms. The molecule has 0 bridgehead atoms. The molecule has 1 aliphatic rings. The fourth-order valence-corrected chi connectivity index (χ4v) is 1.75. The van der Waals surface area contributed by atoms with E-state index in [4.69, 9.17) is 4.74 Å². The van der Waals surface area contributed by atoms with Crippen LogP contribution in [-0.4, -0.2) is 25.3 Å². The van der Waals surface area contributed by atoms with E-state index in [1.165, 1.54) is 32.1 Å². The summed E-state index contributed by atoms with van der Waals surface area (Å²) in [4.78, 5) is 0. The monoisotopic (exact) mass is 213 g/mol. The van der Waals surface area contributed by atoms with Gasteiger partial charge >= 0.3 is 0 Å². The molecule has 1 N–H and O–H groups in total. The second kappa shape index (κ2) is 7.24. The van der Waals surface area contributed by atoms with E-state index >= 15 is 0 Å². The summed E-state index contributed by atoms with van der Waals surface area (Å²) in [5, 5.41) is 3.52. The minimum absolute atomic E-state index is 0.581. The molecular formula is C13H27NO. The van der Waals surface area contributed by atoms with Gasteiger partial charge in [-0.15, -0.1) is 0 Å². The Bertz CT molecular complexity index is 155. The van der Waals surface area contributed by atoms with E-state index in [1.54, 1.807) is 0 Å². The lowest BCUT2D eigenvalue weighted by Gasteiger charge is -2.26. The minimum atomic E-state index is 0.581. The van der Waals surface area contributed by atoms with Gasteiger partial charge in [-0.05, 0) is 44.9 Å². The molecule has 1 unspecified atom stereocenters. The van der Waals surface area contributed by atoms with Crippen LogP contribution in [0.15, 0.2) is 0 Å². The number of nitrogens with one attached hydrogen (secondary N) is 1. The average molecular weight is 213 g/mol. The number of hydrogen-bond acceptors (Lipinski definition) is 2. The highest BCUT2D eigenvalue weighted by atomic mass is 16.5. The van der Waals surface area contributed by atoms with Gasteiger partial charge in [-0.25, -0.2) is 0 Å². The van der Waals surface area contributed by atoms with Gasteiger partial charge in [0.05, 0.1) is 12.7 Å². The quantitative estimate of drug-likeness (QED) is 0.626. The summed E-state index contributed by atoms with van der Waals surface area (Å²) in [6.45, 7) is 8.73. The average Bonchev–Trinajstić information content (AvgIpc) is 2.11. The molecular weight excluding hydrogens is 186 g/mol. The van der Waals surface area contributed by atoms with Gasteiger partial charge in [0, 0.05) is 12.6 Å². The largest absolute Gasteiger partial charge is 0.377 e. The highest BCUT2D eigenvalue weighted by Crippen LogP contribution is 2.21. The molecule has 0 saturated heterocycles. The predicted molar refractivity (Wildman–Crippen MR) is 65.1 cm³/mol. The van der Waals surface area contributed by atoms with E-state index in [2.05, 4.69) is 26.1 Å². The van der Waals surface area contributed by atoms with Crippen LogP contribution in [0.1, 0.15) is 52.9 Å². The topological polar surface area (TPSA) is 21.3 Å². The minimum Gasteiger partial charge on any atom is -0.377 e. The molecule has 0 aromatic rings. The van der Waals surface area contributed by atoms with Crippen LogP contribution in [0, 0.1) is 5.92 Å². The van der Waals surface area contributed by atoms with Gasteiger partial charge in [0.25, 0.3) is 0 Å². The van der Waals surface area contributed by atoms with Crippen molar-refractivity contribution in [3.8, 4) is 0 Å². The van der Waals surface area contributed by atoms with Crippen molar-refractivity contribution in [2.45, 2.75) is 65.0 Å². The van der Waals surface area contributed by atoms with Crippen molar-refractivity contribution < 1.29 is 4.74 Å². The fraction of sp³-hybridized carbons (Fsp3) is 1.00. The molecule has 0 heterocycles. The lowest BCUT2D eigenvalue weighted by molar-refractivity contribution is 0.00355.